The zero-order chi connectivity index (χ0) is 10.4. The number of rotatable bonds is 4. The van der Waals surface area contributed by atoms with Gasteiger partial charge in [-0.2, -0.15) is 0 Å². The summed E-state index contributed by atoms with van der Waals surface area (Å²) in [6.45, 7) is -0.160. The van der Waals surface area contributed by atoms with E-state index >= 15 is 0 Å². The third kappa shape index (κ3) is 3.16. The van der Waals surface area contributed by atoms with Crippen molar-refractivity contribution in [2.45, 2.75) is 6.04 Å². The fourth-order valence-corrected chi connectivity index (χ4v) is 0.893. The van der Waals surface area contributed by atoms with Crippen LogP contribution in [-0.2, 0) is 4.74 Å². The fourth-order valence-electron chi connectivity index (χ4n) is 0.893. The Kier molecular flexibility index (Phi) is 4.10. The van der Waals surface area contributed by atoms with Gasteiger partial charge in [-0.05, 0) is 12.1 Å². The highest BCUT2D eigenvalue weighted by molar-refractivity contribution is 5.89. The zero-order valence-corrected chi connectivity index (χ0v) is 7.72. The van der Waals surface area contributed by atoms with E-state index in [1.54, 1.807) is 24.3 Å². The number of carbonyl (C=O) groups excluding carboxylic acids is 1. The van der Waals surface area contributed by atoms with Gasteiger partial charge in [0.1, 0.15) is 6.61 Å². The molecule has 4 heteroatoms. The summed E-state index contributed by atoms with van der Waals surface area (Å²) in [6.07, 6.45) is 0. The lowest BCUT2D eigenvalue weighted by atomic mass is 10.2. The van der Waals surface area contributed by atoms with Gasteiger partial charge in [-0.25, -0.2) is 4.79 Å². The normalized spacial score (nSPS) is 12.1. The summed E-state index contributed by atoms with van der Waals surface area (Å²) in [4.78, 5) is 11.3. The summed E-state index contributed by atoms with van der Waals surface area (Å²) in [7, 11) is 0. The van der Waals surface area contributed by atoms with Crippen molar-refractivity contribution in [3.8, 4) is 0 Å². The van der Waals surface area contributed by atoms with Gasteiger partial charge in [-0.1, -0.05) is 18.2 Å². The summed E-state index contributed by atoms with van der Waals surface area (Å²) in [5.74, 6) is -0.422. The molecule has 0 fully saturated rings. The molecule has 0 bridgehead atoms. The van der Waals surface area contributed by atoms with Gasteiger partial charge < -0.3 is 15.6 Å². The molecule has 0 aliphatic rings. The first-order valence-electron chi connectivity index (χ1n) is 4.32. The first-order chi connectivity index (χ1) is 6.74. The van der Waals surface area contributed by atoms with E-state index in [1.165, 1.54) is 0 Å². The van der Waals surface area contributed by atoms with Crippen LogP contribution in [0.4, 0.5) is 0 Å². The van der Waals surface area contributed by atoms with Gasteiger partial charge in [0.2, 0.25) is 0 Å². The largest absolute Gasteiger partial charge is 0.460 e. The lowest BCUT2D eigenvalue weighted by Crippen LogP contribution is -2.31. The van der Waals surface area contributed by atoms with Crippen LogP contribution in [0.1, 0.15) is 10.4 Å². The summed E-state index contributed by atoms with van der Waals surface area (Å²) < 4.78 is 4.86. The minimum absolute atomic E-state index is 0.0320. The van der Waals surface area contributed by atoms with Gasteiger partial charge in [0.25, 0.3) is 0 Å². The highest BCUT2D eigenvalue weighted by Gasteiger charge is 2.08. The summed E-state index contributed by atoms with van der Waals surface area (Å²) in [6, 6.07) is 8.13. The molecule has 76 valence electrons. The first-order valence-corrected chi connectivity index (χ1v) is 4.32. The molecule has 1 rings (SSSR count). The van der Waals surface area contributed by atoms with Gasteiger partial charge in [-0.15, -0.1) is 0 Å². The molecule has 1 atom stereocenters. The zero-order valence-electron chi connectivity index (χ0n) is 7.72. The number of aliphatic hydroxyl groups excluding tert-OH is 1. The van der Waals surface area contributed by atoms with Crippen LogP contribution in [0, 0.1) is 0 Å². The molecule has 0 radical (unpaired) electrons. The molecular weight excluding hydrogens is 182 g/mol. The molecule has 0 unspecified atom stereocenters. The quantitative estimate of drug-likeness (QED) is 0.671. The van der Waals surface area contributed by atoms with Crippen molar-refractivity contribution in [2.24, 2.45) is 5.73 Å². The number of hydrogen-bond acceptors (Lipinski definition) is 4. The van der Waals surface area contributed by atoms with Gasteiger partial charge in [0.05, 0.1) is 18.2 Å². The second-order valence-electron chi connectivity index (χ2n) is 2.91. The Bertz CT molecular complexity index is 287. The molecule has 0 saturated heterocycles. The van der Waals surface area contributed by atoms with E-state index in [1.807, 2.05) is 6.07 Å². The molecule has 0 amide bonds. The molecule has 0 aliphatic heterocycles. The minimum Gasteiger partial charge on any atom is -0.460 e. The summed E-state index contributed by atoms with van der Waals surface area (Å²) in [5.41, 5.74) is 5.86. The maximum Gasteiger partial charge on any atom is 0.338 e. The van der Waals surface area contributed by atoms with Gasteiger partial charge in [-0.3, -0.25) is 0 Å². The number of aliphatic hydroxyl groups is 1. The Morgan fingerprint density at radius 1 is 1.43 bits per heavy atom. The Hall–Kier alpha value is -1.39. The van der Waals surface area contributed by atoms with Crippen molar-refractivity contribution < 1.29 is 14.6 Å². The van der Waals surface area contributed by atoms with Crippen LogP contribution in [0.25, 0.3) is 0 Å². The standard InChI is InChI=1S/C10H13NO3/c11-9(6-12)7-14-10(13)8-4-2-1-3-5-8/h1-5,9,12H,6-7,11H2/t9-/m1/s1. The molecule has 0 aromatic heterocycles. The van der Waals surface area contributed by atoms with Crippen molar-refractivity contribution in [3.05, 3.63) is 35.9 Å². The summed E-state index contributed by atoms with van der Waals surface area (Å²) >= 11 is 0. The van der Waals surface area contributed by atoms with Crippen molar-refractivity contribution in [2.75, 3.05) is 13.2 Å². The maximum atomic E-state index is 11.3. The lowest BCUT2D eigenvalue weighted by molar-refractivity contribution is 0.0454. The molecule has 1 aromatic rings. The second-order valence-corrected chi connectivity index (χ2v) is 2.91. The van der Waals surface area contributed by atoms with Gasteiger partial charge in [0, 0.05) is 0 Å². The number of carbonyl (C=O) groups is 1. The lowest BCUT2D eigenvalue weighted by Gasteiger charge is -2.08. The Balaban J connectivity index is 2.44. The van der Waals surface area contributed by atoms with Crippen LogP contribution in [0.2, 0.25) is 0 Å². The van der Waals surface area contributed by atoms with Crippen LogP contribution >= 0.6 is 0 Å². The smallest absolute Gasteiger partial charge is 0.338 e. The van der Waals surface area contributed by atoms with E-state index in [0.717, 1.165) is 0 Å². The highest BCUT2D eigenvalue weighted by atomic mass is 16.5. The number of benzene rings is 1. The molecule has 0 saturated carbocycles. The van der Waals surface area contributed by atoms with Crippen molar-refractivity contribution >= 4 is 5.97 Å². The highest BCUT2D eigenvalue weighted by Crippen LogP contribution is 2.00. The van der Waals surface area contributed by atoms with Gasteiger partial charge in [0.15, 0.2) is 0 Å². The van der Waals surface area contributed by atoms with Crippen LogP contribution in [0.15, 0.2) is 30.3 Å². The molecule has 0 aliphatic carbocycles. The third-order valence-corrected chi connectivity index (χ3v) is 1.67. The number of hydrogen-bond donors (Lipinski definition) is 2. The van der Waals surface area contributed by atoms with E-state index in [9.17, 15) is 4.79 Å². The third-order valence-electron chi connectivity index (χ3n) is 1.67. The fraction of sp³-hybridized carbons (Fsp3) is 0.300. The van der Waals surface area contributed by atoms with E-state index < -0.39 is 12.0 Å². The molecule has 3 N–H and O–H groups in total. The Morgan fingerprint density at radius 3 is 2.64 bits per heavy atom. The minimum atomic E-state index is -0.511. The van der Waals surface area contributed by atoms with Crippen LogP contribution < -0.4 is 5.73 Å². The maximum absolute atomic E-state index is 11.3. The van der Waals surface area contributed by atoms with E-state index in [0.29, 0.717) is 5.56 Å². The monoisotopic (exact) mass is 195 g/mol. The average molecular weight is 195 g/mol. The van der Waals surface area contributed by atoms with Crippen molar-refractivity contribution in [3.63, 3.8) is 0 Å². The van der Waals surface area contributed by atoms with Crippen molar-refractivity contribution in [1.29, 1.82) is 0 Å². The average Bonchev–Trinajstić information content (AvgIpc) is 2.26. The number of esters is 1. The van der Waals surface area contributed by atoms with Crippen LogP contribution in [0.3, 0.4) is 0 Å². The number of nitrogens with two attached hydrogens (primary N) is 1. The second kappa shape index (κ2) is 5.36. The van der Waals surface area contributed by atoms with Crippen LogP contribution in [0.5, 0.6) is 0 Å². The predicted octanol–water partition coefficient (Wildman–Crippen LogP) is 0.163. The van der Waals surface area contributed by atoms with Crippen molar-refractivity contribution in [1.82, 2.24) is 0 Å². The van der Waals surface area contributed by atoms with E-state index in [4.69, 9.17) is 15.6 Å². The SMILES string of the molecule is N[C@H](CO)COC(=O)c1ccccc1. The molecular formula is C10H13NO3. The topological polar surface area (TPSA) is 72.6 Å². The van der Waals surface area contributed by atoms with E-state index in [2.05, 4.69) is 0 Å². The Morgan fingerprint density at radius 2 is 2.07 bits per heavy atom. The van der Waals surface area contributed by atoms with Crippen LogP contribution in [-0.4, -0.2) is 30.3 Å². The number of ether oxygens (including phenoxy) is 1. The predicted molar refractivity (Wildman–Crippen MR) is 51.8 cm³/mol. The van der Waals surface area contributed by atoms with Gasteiger partial charge >= 0.3 is 5.97 Å². The first kappa shape index (κ1) is 10.7. The molecule has 0 heterocycles. The molecule has 4 nitrogen and oxygen atoms in total. The summed E-state index contributed by atoms with van der Waals surface area (Å²) in [5, 5.41) is 8.60. The Labute approximate surface area is 82.3 Å². The molecule has 0 spiro atoms. The molecule has 1 aromatic carbocycles. The van der Waals surface area contributed by atoms with E-state index in [-0.39, 0.29) is 13.2 Å². The molecule has 14 heavy (non-hydrogen) atoms.